The molecule has 2 aliphatic carbocycles. The monoisotopic (exact) mass is 516 g/mol. The van der Waals surface area contributed by atoms with Crippen molar-refractivity contribution in [3.8, 4) is 0 Å². The first-order valence-electron chi connectivity index (χ1n) is 14.3. The van der Waals surface area contributed by atoms with Crippen molar-refractivity contribution in [1.82, 2.24) is 34.2 Å². The lowest BCUT2D eigenvalue weighted by Gasteiger charge is -2.41. The van der Waals surface area contributed by atoms with Crippen LogP contribution in [0, 0.1) is 0 Å². The number of fused-ring (bicyclic) bond motifs is 1. The van der Waals surface area contributed by atoms with Crippen molar-refractivity contribution in [2.24, 2.45) is 0 Å². The van der Waals surface area contributed by atoms with Gasteiger partial charge in [-0.2, -0.15) is 4.98 Å². The molecule has 202 valence electrons. The Bertz CT molecular complexity index is 1290. The number of hydrogen-bond acceptors (Lipinski definition) is 7. The van der Waals surface area contributed by atoms with E-state index in [9.17, 15) is 4.79 Å². The first-order chi connectivity index (χ1) is 18.5. The second-order valence-electron chi connectivity index (χ2n) is 11.3. The zero-order chi connectivity index (χ0) is 26.3. The van der Waals surface area contributed by atoms with Crippen molar-refractivity contribution in [1.29, 1.82) is 0 Å². The van der Waals surface area contributed by atoms with Gasteiger partial charge in [0.2, 0.25) is 5.95 Å². The summed E-state index contributed by atoms with van der Waals surface area (Å²) < 4.78 is 2.16. The second-order valence-corrected chi connectivity index (χ2v) is 11.3. The van der Waals surface area contributed by atoms with Gasteiger partial charge in [0.1, 0.15) is 17.2 Å². The minimum Gasteiger partial charge on any atom is -0.341 e. The average molecular weight is 517 g/mol. The summed E-state index contributed by atoms with van der Waals surface area (Å²) in [5.41, 5.74) is 3.19. The Morgan fingerprint density at radius 1 is 1.13 bits per heavy atom. The molecule has 1 N–H and O–H groups in total. The molecule has 3 fully saturated rings. The number of pyridine rings is 1. The van der Waals surface area contributed by atoms with Crippen LogP contribution in [0.15, 0.2) is 30.6 Å². The highest BCUT2D eigenvalue weighted by molar-refractivity contribution is 5.98. The third-order valence-corrected chi connectivity index (χ3v) is 8.86. The first kappa shape index (κ1) is 25.2. The highest BCUT2D eigenvalue weighted by Gasteiger charge is 2.50. The lowest BCUT2D eigenvalue weighted by molar-refractivity contribution is 0.0591. The molecular formula is C29H40N8O. The Morgan fingerprint density at radius 2 is 1.95 bits per heavy atom. The fourth-order valence-electron chi connectivity index (χ4n) is 6.41. The van der Waals surface area contributed by atoms with E-state index in [1.165, 1.54) is 31.2 Å². The topological polar surface area (TPSA) is 82.4 Å². The maximum absolute atomic E-state index is 13.2. The predicted molar refractivity (Wildman–Crippen MR) is 150 cm³/mol. The maximum Gasteiger partial charge on any atom is 0.270 e. The van der Waals surface area contributed by atoms with E-state index >= 15 is 0 Å². The third kappa shape index (κ3) is 4.78. The van der Waals surface area contributed by atoms with E-state index in [1.54, 1.807) is 4.90 Å². The van der Waals surface area contributed by atoms with Crippen LogP contribution in [0.2, 0.25) is 0 Å². The Balaban J connectivity index is 1.18. The number of amides is 1. The van der Waals surface area contributed by atoms with Crippen molar-refractivity contribution < 1.29 is 4.79 Å². The molecule has 6 rings (SSSR count). The summed E-state index contributed by atoms with van der Waals surface area (Å²) in [4.78, 5) is 34.3. The van der Waals surface area contributed by atoms with E-state index < -0.39 is 0 Å². The normalized spacial score (nSPS) is 19.9. The van der Waals surface area contributed by atoms with Gasteiger partial charge in [0, 0.05) is 69.1 Å². The summed E-state index contributed by atoms with van der Waals surface area (Å²) >= 11 is 0. The molecule has 9 nitrogen and oxygen atoms in total. The van der Waals surface area contributed by atoms with Crippen LogP contribution in [0.4, 0.5) is 11.8 Å². The number of carbonyl (C=O) groups is 1. The van der Waals surface area contributed by atoms with Gasteiger partial charge in [-0.25, -0.2) is 9.97 Å². The number of nitrogens with zero attached hydrogens (tertiary/aromatic N) is 7. The molecule has 2 saturated carbocycles. The van der Waals surface area contributed by atoms with E-state index in [0.717, 1.165) is 62.4 Å². The molecule has 0 radical (unpaired) electrons. The standard InChI is InChI=1S/C29H40N8O/c1-4-34(3)27(38)24-16-22-18-31-28(33-26(22)37(24)23-8-6-7-9-23)32-25-11-10-21(17-30-25)19-35-14-15-36(5-2)29(20-35)12-13-29/h10-11,16-18,23H,4-9,12-15,19-20H2,1-3H3,(H,30,31,32,33). The van der Waals surface area contributed by atoms with Crippen molar-refractivity contribution in [2.75, 3.05) is 45.1 Å². The number of rotatable bonds is 8. The number of aromatic nitrogens is 4. The molecule has 4 heterocycles. The molecule has 3 aromatic rings. The summed E-state index contributed by atoms with van der Waals surface area (Å²) in [6.07, 6.45) is 11.0. The van der Waals surface area contributed by atoms with Crippen molar-refractivity contribution in [3.05, 3.63) is 41.9 Å². The van der Waals surface area contributed by atoms with Crippen LogP contribution in [-0.2, 0) is 6.54 Å². The van der Waals surface area contributed by atoms with Gasteiger partial charge >= 0.3 is 0 Å². The third-order valence-electron chi connectivity index (χ3n) is 8.86. The number of hydrogen-bond donors (Lipinski definition) is 1. The lowest BCUT2D eigenvalue weighted by Crippen LogP contribution is -2.54. The average Bonchev–Trinajstić information content (AvgIpc) is 3.33. The fourth-order valence-corrected chi connectivity index (χ4v) is 6.41. The minimum absolute atomic E-state index is 0.0351. The van der Waals surface area contributed by atoms with E-state index in [1.807, 2.05) is 38.5 Å². The van der Waals surface area contributed by atoms with Gasteiger partial charge in [-0.3, -0.25) is 14.6 Å². The first-order valence-corrected chi connectivity index (χ1v) is 14.3. The molecule has 38 heavy (non-hydrogen) atoms. The minimum atomic E-state index is 0.0351. The molecule has 1 spiro atoms. The van der Waals surface area contributed by atoms with Gasteiger partial charge in [0.25, 0.3) is 5.91 Å². The number of likely N-dealkylation sites (N-methyl/N-ethyl adjacent to an activating group) is 1. The maximum atomic E-state index is 13.2. The molecule has 3 aromatic heterocycles. The summed E-state index contributed by atoms with van der Waals surface area (Å²) in [5, 5.41) is 4.19. The van der Waals surface area contributed by atoms with Crippen LogP contribution in [0.5, 0.6) is 0 Å². The number of carbonyl (C=O) groups excluding carboxylic acids is 1. The molecule has 1 saturated heterocycles. The van der Waals surface area contributed by atoms with Gasteiger partial charge in [0.15, 0.2) is 0 Å². The molecule has 9 heteroatoms. The fraction of sp³-hybridized carbons (Fsp3) is 0.586. The van der Waals surface area contributed by atoms with Gasteiger partial charge in [-0.15, -0.1) is 0 Å². The molecule has 1 amide bonds. The van der Waals surface area contributed by atoms with E-state index in [4.69, 9.17) is 4.98 Å². The summed E-state index contributed by atoms with van der Waals surface area (Å²) in [5.74, 6) is 1.26. The van der Waals surface area contributed by atoms with Crippen LogP contribution >= 0.6 is 0 Å². The van der Waals surface area contributed by atoms with Crippen LogP contribution in [0.3, 0.4) is 0 Å². The smallest absolute Gasteiger partial charge is 0.270 e. The van der Waals surface area contributed by atoms with Crippen LogP contribution in [-0.4, -0.2) is 85.4 Å². The Kier molecular flexibility index (Phi) is 6.82. The molecule has 0 bridgehead atoms. The lowest BCUT2D eigenvalue weighted by atomic mass is 10.1. The molecule has 0 aromatic carbocycles. The van der Waals surface area contributed by atoms with E-state index in [0.29, 0.717) is 29.8 Å². The number of anilines is 2. The largest absolute Gasteiger partial charge is 0.341 e. The zero-order valence-corrected chi connectivity index (χ0v) is 23.0. The summed E-state index contributed by atoms with van der Waals surface area (Å²) in [6.45, 7) is 10.5. The van der Waals surface area contributed by atoms with Crippen molar-refractivity contribution in [3.63, 3.8) is 0 Å². The number of piperazine rings is 1. The van der Waals surface area contributed by atoms with Gasteiger partial charge in [-0.1, -0.05) is 25.8 Å². The quantitative estimate of drug-likeness (QED) is 0.474. The Labute approximate surface area is 225 Å². The molecule has 3 aliphatic rings. The molecular weight excluding hydrogens is 476 g/mol. The molecule has 0 atom stereocenters. The van der Waals surface area contributed by atoms with Crippen LogP contribution in [0.1, 0.15) is 74.5 Å². The zero-order valence-electron chi connectivity index (χ0n) is 23.0. The number of nitrogens with one attached hydrogen (secondary N) is 1. The summed E-state index contributed by atoms with van der Waals surface area (Å²) in [6, 6.07) is 6.41. The van der Waals surface area contributed by atoms with Crippen molar-refractivity contribution >= 4 is 28.7 Å². The van der Waals surface area contributed by atoms with Crippen LogP contribution < -0.4 is 5.32 Å². The van der Waals surface area contributed by atoms with E-state index in [2.05, 4.69) is 42.6 Å². The van der Waals surface area contributed by atoms with Gasteiger partial charge in [0.05, 0.1) is 0 Å². The van der Waals surface area contributed by atoms with Crippen LogP contribution in [0.25, 0.3) is 11.0 Å². The predicted octanol–water partition coefficient (Wildman–Crippen LogP) is 4.45. The van der Waals surface area contributed by atoms with Crippen molar-refractivity contribution in [2.45, 2.75) is 70.5 Å². The summed E-state index contributed by atoms with van der Waals surface area (Å²) in [7, 11) is 1.85. The van der Waals surface area contributed by atoms with E-state index in [-0.39, 0.29) is 5.91 Å². The highest BCUT2D eigenvalue weighted by atomic mass is 16.2. The molecule has 1 aliphatic heterocycles. The highest BCUT2D eigenvalue weighted by Crippen LogP contribution is 2.44. The Morgan fingerprint density at radius 3 is 2.63 bits per heavy atom. The SMILES string of the molecule is CCN(C)C(=O)c1cc2cnc(Nc3ccc(CN4CCN(CC)C5(CC5)C4)cn3)nc2n1C1CCCC1. The Hall–Kier alpha value is -3.04. The second kappa shape index (κ2) is 10.3. The van der Waals surface area contributed by atoms with Gasteiger partial charge in [-0.05, 0) is 56.8 Å². The molecule has 0 unspecified atom stereocenters. The van der Waals surface area contributed by atoms with Gasteiger partial charge < -0.3 is 14.8 Å².